The Labute approximate surface area is 143 Å². The maximum absolute atomic E-state index is 12.4. The molecule has 0 spiro atoms. The van der Waals surface area contributed by atoms with Gasteiger partial charge in [0.05, 0.1) is 12.2 Å². The summed E-state index contributed by atoms with van der Waals surface area (Å²) >= 11 is 0. The summed E-state index contributed by atoms with van der Waals surface area (Å²) in [5.41, 5.74) is 0.439. The van der Waals surface area contributed by atoms with Gasteiger partial charge in [-0.1, -0.05) is 6.92 Å². The van der Waals surface area contributed by atoms with Crippen LogP contribution in [0.15, 0.2) is 10.5 Å². The van der Waals surface area contributed by atoms with Crippen molar-refractivity contribution in [3.63, 3.8) is 0 Å². The molecule has 1 atom stereocenters. The molecule has 6 heteroatoms. The smallest absolute Gasteiger partial charge is 0.328 e. The lowest BCUT2D eigenvalue weighted by Gasteiger charge is -2.22. The first-order valence-electron chi connectivity index (χ1n) is 8.38. The van der Waals surface area contributed by atoms with E-state index in [1.165, 1.54) is 0 Å². The minimum atomic E-state index is -0.769. The highest BCUT2D eigenvalue weighted by Gasteiger charge is 2.26. The van der Waals surface area contributed by atoms with Crippen LogP contribution in [0.1, 0.15) is 62.9 Å². The van der Waals surface area contributed by atoms with Gasteiger partial charge in [0.25, 0.3) is 5.91 Å². The van der Waals surface area contributed by atoms with Gasteiger partial charge in [0, 0.05) is 25.0 Å². The Morgan fingerprint density at radius 3 is 2.46 bits per heavy atom. The van der Waals surface area contributed by atoms with Crippen LogP contribution in [0.2, 0.25) is 0 Å². The molecule has 1 aromatic rings. The van der Waals surface area contributed by atoms with E-state index in [-0.39, 0.29) is 18.0 Å². The van der Waals surface area contributed by atoms with E-state index in [1.54, 1.807) is 13.8 Å². The van der Waals surface area contributed by atoms with Crippen molar-refractivity contribution >= 4 is 11.9 Å². The average Bonchev–Trinajstić information content (AvgIpc) is 2.86. The molecular weight excluding hydrogens is 310 g/mol. The van der Waals surface area contributed by atoms with Crippen LogP contribution in [0, 0.1) is 6.92 Å². The second kappa shape index (κ2) is 8.87. The Hall–Kier alpha value is -1.82. The van der Waals surface area contributed by atoms with Gasteiger partial charge >= 0.3 is 5.97 Å². The summed E-state index contributed by atoms with van der Waals surface area (Å²) in [5.74, 6) is 0.0867. The third kappa shape index (κ3) is 6.35. The van der Waals surface area contributed by atoms with Gasteiger partial charge in [0.2, 0.25) is 0 Å². The summed E-state index contributed by atoms with van der Waals surface area (Å²) in [4.78, 5) is 24.5. The summed E-state index contributed by atoms with van der Waals surface area (Å²) in [6.07, 6.45) is 1.04. The van der Waals surface area contributed by atoms with E-state index in [2.05, 4.69) is 5.32 Å². The van der Waals surface area contributed by atoms with Crippen LogP contribution in [-0.4, -0.2) is 36.7 Å². The molecule has 0 aliphatic heterocycles. The molecule has 1 aromatic heterocycles. The van der Waals surface area contributed by atoms with Gasteiger partial charge < -0.3 is 19.2 Å². The van der Waals surface area contributed by atoms with E-state index in [0.717, 1.165) is 11.3 Å². The molecule has 0 bridgehead atoms. The van der Waals surface area contributed by atoms with E-state index >= 15 is 0 Å². The molecule has 0 fully saturated rings. The number of nitrogens with one attached hydrogen (secondary N) is 1. The van der Waals surface area contributed by atoms with Crippen LogP contribution in [0.5, 0.6) is 0 Å². The largest absolute Gasteiger partial charge is 0.464 e. The van der Waals surface area contributed by atoms with Crippen molar-refractivity contribution in [3.8, 4) is 0 Å². The van der Waals surface area contributed by atoms with Crippen LogP contribution < -0.4 is 5.32 Å². The number of esters is 1. The molecule has 0 aliphatic rings. The fourth-order valence-corrected chi connectivity index (χ4v) is 2.15. The predicted octanol–water partition coefficient (Wildman–Crippen LogP) is 3.02. The molecule has 1 N–H and O–H groups in total. The Morgan fingerprint density at radius 1 is 1.29 bits per heavy atom. The van der Waals surface area contributed by atoms with Crippen molar-refractivity contribution in [2.45, 2.75) is 66.0 Å². The van der Waals surface area contributed by atoms with Crippen LogP contribution >= 0.6 is 0 Å². The average molecular weight is 339 g/mol. The van der Waals surface area contributed by atoms with Gasteiger partial charge in [-0.3, -0.25) is 4.79 Å². The van der Waals surface area contributed by atoms with Gasteiger partial charge in [-0.25, -0.2) is 4.79 Å². The van der Waals surface area contributed by atoms with Crippen molar-refractivity contribution in [2.24, 2.45) is 0 Å². The molecule has 1 heterocycles. The van der Waals surface area contributed by atoms with Crippen molar-refractivity contribution < 1.29 is 23.5 Å². The van der Waals surface area contributed by atoms with E-state index in [0.29, 0.717) is 19.4 Å². The van der Waals surface area contributed by atoms with Crippen molar-refractivity contribution in [3.05, 3.63) is 23.2 Å². The second-order valence-electron chi connectivity index (χ2n) is 6.61. The second-order valence-corrected chi connectivity index (χ2v) is 6.61. The topological polar surface area (TPSA) is 77.8 Å². The number of rotatable bonds is 8. The Bertz CT molecular complexity index is 556. The van der Waals surface area contributed by atoms with Crippen LogP contribution in [0.25, 0.3) is 0 Å². The predicted molar refractivity (Wildman–Crippen MR) is 91.0 cm³/mol. The SMILES string of the molecule is CCOC(=O)C(CCOC(C)(C)C)NC(=O)c1oc(CC)cc1C. The molecule has 0 radical (unpaired) electrons. The summed E-state index contributed by atoms with van der Waals surface area (Å²) in [5, 5.41) is 2.70. The Morgan fingerprint density at radius 2 is 1.96 bits per heavy atom. The summed E-state index contributed by atoms with van der Waals surface area (Å²) in [6.45, 7) is 11.9. The number of aryl methyl sites for hydroxylation is 2. The van der Waals surface area contributed by atoms with Gasteiger partial charge in [0.1, 0.15) is 11.8 Å². The van der Waals surface area contributed by atoms with E-state index in [1.807, 2.05) is 33.8 Å². The zero-order valence-corrected chi connectivity index (χ0v) is 15.5. The molecule has 0 saturated heterocycles. The highest BCUT2D eigenvalue weighted by atomic mass is 16.5. The lowest BCUT2D eigenvalue weighted by molar-refractivity contribution is -0.146. The normalized spacial score (nSPS) is 12.8. The van der Waals surface area contributed by atoms with Crippen molar-refractivity contribution in [1.29, 1.82) is 0 Å². The van der Waals surface area contributed by atoms with Gasteiger partial charge in [-0.05, 0) is 40.7 Å². The zero-order valence-electron chi connectivity index (χ0n) is 15.5. The number of carbonyl (C=O) groups excluding carboxylic acids is 2. The molecule has 0 saturated carbocycles. The van der Waals surface area contributed by atoms with Gasteiger partial charge in [-0.15, -0.1) is 0 Å². The molecule has 1 rings (SSSR count). The number of furan rings is 1. The highest BCUT2D eigenvalue weighted by Crippen LogP contribution is 2.16. The first-order valence-corrected chi connectivity index (χ1v) is 8.38. The van der Waals surface area contributed by atoms with E-state index in [9.17, 15) is 9.59 Å². The number of amides is 1. The zero-order chi connectivity index (χ0) is 18.3. The fraction of sp³-hybridized carbons (Fsp3) is 0.667. The summed E-state index contributed by atoms with van der Waals surface area (Å²) in [6, 6.07) is 1.06. The first-order chi connectivity index (χ1) is 11.2. The lowest BCUT2D eigenvalue weighted by atomic mass is 10.1. The third-order valence-corrected chi connectivity index (χ3v) is 3.34. The van der Waals surface area contributed by atoms with Gasteiger partial charge in [-0.2, -0.15) is 0 Å². The number of hydrogen-bond acceptors (Lipinski definition) is 5. The molecule has 24 heavy (non-hydrogen) atoms. The quantitative estimate of drug-likeness (QED) is 0.737. The third-order valence-electron chi connectivity index (χ3n) is 3.34. The number of carbonyl (C=O) groups is 2. The standard InChI is InChI=1S/C18H29NO5/c1-7-13-11-12(3)15(24-13)16(20)19-14(17(21)22-8-2)9-10-23-18(4,5)6/h11,14H,7-10H2,1-6H3,(H,19,20). The molecule has 1 amide bonds. The van der Waals surface area contributed by atoms with Crippen molar-refractivity contribution in [2.75, 3.05) is 13.2 Å². The maximum Gasteiger partial charge on any atom is 0.328 e. The molecule has 0 aliphatic carbocycles. The van der Waals surface area contributed by atoms with Crippen LogP contribution in [-0.2, 0) is 20.7 Å². The molecule has 0 aromatic carbocycles. The fourth-order valence-electron chi connectivity index (χ4n) is 2.15. The number of ether oxygens (including phenoxy) is 2. The van der Waals surface area contributed by atoms with Crippen molar-refractivity contribution in [1.82, 2.24) is 5.32 Å². The number of hydrogen-bond donors (Lipinski definition) is 1. The minimum Gasteiger partial charge on any atom is -0.464 e. The van der Waals surface area contributed by atoms with Crippen LogP contribution in [0.3, 0.4) is 0 Å². The molecule has 136 valence electrons. The Kier molecular flexibility index (Phi) is 7.48. The maximum atomic E-state index is 12.4. The lowest BCUT2D eigenvalue weighted by Crippen LogP contribution is -2.43. The highest BCUT2D eigenvalue weighted by molar-refractivity contribution is 5.95. The van der Waals surface area contributed by atoms with Gasteiger partial charge in [0.15, 0.2) is 5.76 Å². The minimum absolute atomic E-state index is 0.234. The summed E-state index contributed by atoms with van der Waals surface area (Å²) in [7, 11) is 0. The molecule has 6 nitrogen and oxygen atoms in total. The van der Waals surface area contributed by atoms with E-state index < -0.39 is 17.9 Å². The monoisotopic (exact) mass is 339 g/mol. The molecular formula is C18H29NO5. The van der Waals surface area contributed by atoms with Crippen LogP contribution in [0.4, 0.5) is 0 Å². The summed E-state index contributed by atoms with van der Waals surface area (Å²) < 4.78 is 16.2. The van der Waals surface area contributed by atoms with E-state index in [4.69, 9.17) is 13.9 Å². The first kappa shape index (κ1) is 20.2. The molecule has 1 unspecified atom stereocenters. The Balaban J connectivity index is 2.77.